The van der Waals surface area contributed by atoms with Crippen molar-refractivity contribution in [3.05, 3.63) is 0 Å². The number of amides is 3. The fourth-order valence-electron chi connectivity index (χ4n) is 1.42. The van der Waals surface area contributed by atoms with Crippen LogP contribution in [0.5, 0.6) is 0 Å². The number of rotatable bonds is 8. The minimum Gasteiger partial charge on any atom is -0.480 e. The number of urea groups is 1. The fraction of sp³-hybridized carbons (Fsp3) is 0.667. The molecule has 3 N–H and O–H groups in total. The van der Waals surface area contributed by atoms with Crippen LogP contribution in [0.3, 0.4) is 0 Å². The molecule has 0 aromatic carbocycles. The van der Waals surface area contributed by atoms with Crippen molar-refractivity contribution in [2.24, 2.45) is 5.92 Å². The summed E-state index contributed by atoms with van der Waals surface area (Å²) in [6, 6.07) is -0.834. The predicted octanol–water partition coefficient (Wildman–Crippen LogP) is -0.718. The number of hydrogen-bond donors (Lipinski definition) is 3. The topological polar surface area (TPSA) is 127 Å². The van der Waals surface area contributed by atoms with E-state index in [9.17, 15) is 19.2 Å². The fourth-order valence-corrected chi connectivity index (χ4v) is 1.42. The van der Waals surface area contributed by atoms with E-state index in [0.717, 1.165) is 4.90 Å². The zero-order valence-corrected chi connectivity index (χ0v) is 12.3. The number of carbonyl (C=O) groups is 4. The SMILES string of the molecule is CC(C)CNC(=O)CN(C)C(=O)N(CC(=O)O)CC(=O)O. The first-order valence-electron chi connectivity index (χ1n) is 6.33. The highest BCUT2D eigenvalue weighted by Crippen LogP contribution is 1.98. The normalized spacial score (nSPS) is 10.1. The first kappa shape index (κ1) is 18.7. The Hall–Kier alpha value is -2.32. The lowest BCUT2D eigenvalue weighted by Gasteiger charge is -2.25. The molecule has 0 heterocycles. The molecule has 0 aliphatic rings. The van der Waals surface area contributed by atoms with Crippen LogP contribution in [0.1, 0.15) is 13.8 Å². The summed E-state index contributed by atoms with van der Waals surface area (Å²) in [5.74, 6) is -2.81. The number of hydrogen-bond acceptors (Lipinski definition) is 4. The number of carbonyl (C=O) groups excluding carboxylic acids is 2. The average molecular weight is 303 g/mol. The zero-order chi connectivity index (χ0) is 16.6. The lowest BCUT2D eigenvalue weighted by Crippen LogP contribution is -2.48. The van der Waals surface area contributed by atoms with Gasteiger partial charge in [-0.25, -0.2) is 4.79 Å². The van der Waals surface area contributed by atoms with E-state index >= 15 is 0 Å². The molecule has 0 atom stereocenters. The minimum absolute atomic E-state index is 0.255. The van der Waals surface area contributed by atoms with E-state index in [1.165, 1.54) is 7.05 Å². The number of carboxylic acids is 2. The summed E-state index contributed by atoms with van der Waals surface area (Å²) in [4.78, 5) is 46.4. The summed E-state index contributed by atoms with van der Waals surface area (Å²) >= 11 is 0. The van der Waals surface area contributed by atoms with Gasteiger partial charge in [0, 0.05) is 13.6 Å². The first-order valence-corrected chi connectivity index (χ1v) is 6.33. The smallest absolute Gasteiger partial charge is 0.323 e. The Morgan fingerprint density at radius 2 is 1.48 bits per heavy atom. The molecule has 0 aliphatic heterocycles. The van der Waals surface area contributed by atoms with Gasteiger partial charge in [-0.05, 0) is 5.92 Å². The molecule has 0 spiro atoms. The lowest BCUT2D eigenvalue weighted by atomic mass is 10.2. The van der Waals surface area contributed by atoms with Gasteiger partial charge in [-0.3, -0.25) is 14.4 Å². The van der Waals surface area contributed by atoms with Gasteiger partial charge in [0.2, 0.25) is 5.91 Å². The molecule has 0 aromatic rings. The summed E-state index contributed by atoms with van der Waals surface area (Å²) in [5.41, 5.74) is 0. The van der Waals surface area contributed by atoms with Crippen LogP contribution in [0.4, 0.5) is 4.79 Å². The van der Waals surface area contributed by atoms with Crippen molar-refractivity contribution in [3.8, 4) is 0 Å². The summed E-state index contributed by atoms with van der Waals surface area (Å²) in [6.07, 6.45) is 0. The highest BCUT2D eigenvalue weighted by atomic mass is 16.4. The Labute approximate surface area is 122 Å². The number of nitrogens with zero attached hydrogens (tertiary/aromatic N) is 2. The average Bonchev–Trinajstić information content (AvgIpc) is 2.33. The Bertz CT molecular complexity index is 394. The van der Waals surface area contributed by atoms with Gasteiger partial charge in [0.25, 0.3) is 0 Å². The third-order valence-corrected chi connectivity index (χ3v) is 2.34. The van der Waals surface area contributed by atoms with Gasteiger partial charge < -0.3 is 25.3 Å². The first-order chi connectivity index (χ1) is 9.63. The number of aliphatic carboxylic acids is 2. The molecule has 9 heteroatoms. The van der Waals surface area contributed by atoms with Crippen LogP contribution in [0.2, 0.25) is 0 Å². The summed E-state index contributed by atoms with van der Waals surface area (Å²) in [5, 5.41) is 19.9. The van der Waals surface area contributed by atoms with Crippen LogP contribution >= 0.6 is 0 Å². The second-order valence-electron chi connectivity index (χ2n) is 4.98. The quantitative estimate of drug-likeness (QED) is 0.543. The summed E-state index contributed by atoms with van der Waals surface area (Å²) in [7, 11) is 1.30. The minimum atomic E-state index is -1.33. The van der Waals surface area contributed by atoms with Gasteiger partial charge in [0.15, 0.2) is 0 Å². The van der Waals surface area contributed by atoms with Crippen LogP contribution in [0.25, 0.3) is 0 Å². The Morgan fingerprint density at radius 3 is 1.86 bits per heavy atom. The number of nitrogens with one attached hydrogen (secondary N) is 1. The van der Waals surface area contributed by atoms with Gasteiger partial charge in [0.1, 0.15) is 19.6 Å². The van der Waals surface area contributed by atoms with Crippen LogP contribution < -0.4 is 5.32 Å². The van der Waals surface area contributed by atoms with Gasteiger partial charge in [-0.2, -0.15) is 0 Å². The second kappa shape index (κ2) is 8.77. The number of likely N-dealkylation sites (N-methyl/N-ethyl adjacent to an activating group) is 1. The van der Waals surface area contributed by atoms with E-state index in [4.69, 9.17) is 10.2 Å². The van der Waals surface area contributed by atoms with Gasteiger partial charge >= 0.3 is 18.0 Å². The molecule has 0 aromatic heterocycles. The van der Waals surface area contributed by atoms with Crippen molar-refractivity contribution >= 4 is 23.9 Å². The van der Waals surface area contributed by atoms with E-state index in [2.05, 4.69) is 5.32 Å². The molecular weight excluding hydrogens is 282 g/mol. The molecule has 0 saturated carbocycles. The van der Waals surface area contributed by atoms with Crippen molar-refractivity contribution in [1.82, 2.24) is 15.1 Å². The van der Waals surface area contributed by atoms with Crippen molar-refractivity contribution < 1.29 is 29.4 Å². The molecule has 0 fully saturated rings. The van der Waals surface area contributed by atoms with Crippen LogP contribution in [0, 0.1) is 5.92 Å². The van der Waals surface area contributed by atoms with E-state index in [1.807, 2.05) is 13.8 Å². The van der Waals surface area contributed by atoms with E-state index in [0.29, 0.717) is 11.4 Å². The van der Waals surface area contributed by atoms with Crippen molar-refractivity contribution in [3.63, 3.8) is 0 Å². The molecule has 0 saturated heterocycles. The lowest BCUT2D eigenvalue weighted by molar-refractivity contribution is -0.140. The van der Waals surface area contributed by atoms with Crippen molar-refractivity contribution in [1.29, 1.82) is 0 Å². The molecule has 3 amide bonds. The summed E-state index contributed by atoms with van der Waals surface area (Å²) < 4.78 is 0. The Balaban J connectivity index is 4.57. The monoisotopic (exact) mass is 303 g/mol. The van der Waals surface area contributed by atoms with E-state index in [1.54, 1.807) is 0 Å². The molecule has 21 heavy (non-hydrogen) atoms. The maximum Gasteiger partial charge on any atom is 0.323 e. The molecular formula is C12H21N3O6. The van der Waals surface area contributed by atoms with Crippen molar-refractivity contribution in [2.75, 3.05) is 33.2 Å². The third-order valence-electron chi connectivity index (χ3n) is 2.34. The second-order valence-corrected chi connectivity index (χ2v) is 4.98. The highest BCUT2D eigenvalue weighted by molar-refractivity contribution is 5.87. The largest absolute Gasteiger partial charge is 0.480 e. The number of carboxylic acid groups (broad SMARTS) is 2. The van der Waals surface area contributed by atoms with Crippen LogP contribution in [-0.4, -0.2) is 77.1 Å². The van der Waals surface area contributed by atoms with Gasteiger partial charge in [-0.1, -0.05) is 13.8 Å². The Kier molecular flexibility index (Phi) is 7.80. The molecule has 9 nitrogen and oxygen atoms in total. The van der Waals surface area contributed by atoms with Gasteiger partial charge in [0.05, 0.1) is 0 Å². The summed E-state index contributed by atoms with van der Waals surface area (Å²) in [6.45, 7) is 2.51. The molecule has 120 valence electrons. The zero-order valence-electron chi connectivity index (χ0n) is 12.3. The van der Waals surface area contributed by atoms with Crippen LogP contribution in [0.15, 0.2) is 0 Å². The van der Waals surface area contributed by atoms with Gasteiger partial charge in [-0.15, -0.1) is 0 Å². The third kappa shape index (κ3) is 8.45. The van der Waals surface area contributed by atoms with Crippen LogP contribution in [-0.2, 0) is 14.4 Å². The molecule has 0 unspecified atom stereocenters. The molecule has 0 rings (SSSR count). The standard InChI is InChI=1S/C12H21N3O6/c1-8(2)4-13-9(16)5-14(3)12(21)15(6-10(17)18)7-11(19)20/h8H,4-7H2,1-3H3,(H,13,16)(H,17,18)(H,19,20). The molecule has 0 bridgehead atoms. The molecule has 0 radical (unpaired) electrons. The highest BCUT2D eigenvalue weighted by Gasteiger charge is 2.24. The van der Waals surface area contributed by atoms with E-state index < -0.39 is 37.0 Å². The maximum atomic E-state index is 11.9. The Morgan fingerprint density at radius 1 is 1.00 bits per heavy atom. The predicted molar refractivity (Wildman–Crippen MR) is 72.7 cm³/mol. The maximum absolute atomic E-state index is 11.9. The molecule has 0 aliphatic carbocycles. The van der Waals surface area contributed by atoms with E-state index in [-0.39, 0.29) is 12.5 Å². The van der Waals surface area contributed by atoms with Crippen molar-refractivity contribution in [2.45, 2.75) is 13.8 Å².